The van der Waals surface area contributed by atoms with Crippen LogP contribution < -0.4 is 20.7 Å². The molecule has 7 heteroatoms. The monoisotopic (exact) mass is 432 g/mol. The third kappa shape index (κ3) is 3.76. The van der Waals surface area contributed by atoms with Crippen LogP contribution in [-0.2, 0) is 0 Å². The van der Waals surface area contributed by atoms with E-state index in [9.17, 15) is 0 Å². The Kier molecular flexibility index (Phi) is 5.49. The van der Waals surface area contributed by atoms with E-state index in [-0.39, 0.29) is 5.50 Å². The first kappa shape index (κ1) is 17.9. The number of hydrogen-bond donors (Lipinski definition) is 2. The zero-order chi connectivity index (χ0) is 17.9. The highest BCUT2D eigenvalue weighted by Gasteiger charge is 2.33. The van der Waals surface area contributed by atoms with E-state index >= 15 is 0 Å². The van der Waals surface area contributed by atoms with Crippen molar-refractivity contribution in [3.63, 3.8) is 0 Å². The molecule has 0 amide bonds. The van der Waals surface area contributed by atoms with Gasteiger partial charge in [-0.25, -0.2) is 4.98 Å². The number of aromatic nitrogens is 1. The number of benzene rings is 1. The van der Waals surface area contributed by atoms with Crippen molar-refractivity contribution in [2.75, 3.05) is 18.0 Å². The average molecular weight is 433 g/mol. The molecule has 3 N–H and O–H groups in total. The predicted octanol–water partition coefficient (Wildman–Crippen LogP) is 4.27. The first-order valence-electron chi connectivity index (χ1n) is 8.72. The maximum Gasteiger partial charge on any atom is 0.178 e. The number of hydrogen-bond acceptors (Lipinski definition) is 6. The molecular weight excluding hydrogens is 412 g/mol. The molecule has 1 aromatic heterocycles. The van der Waals surface area contributed by atoms with Gasteiger partial charge in [0.05, 0.1) is 0 Å². The van der Waals surface area contributed by atoms with Crippen LogP contribution >= 0.6 is 27.7 Å². The van der Waals surface area contributed by atoms with Gasteiger partial charge in [0.2, 0.25) is 0 Å². The summed E-state index contributed by atoms with van der Waals surface area (Å²) in [5.74, 6) is 2.73. The molecule has 2 aliphatic rings. The van der Waals surface area contributed by atoms with Gasteiger partial charge in [0, 0.05) is 28.4 Å². The molecule has 1 aromatic carbocycles. The Bertz CT molecular complexity index is 795. The Morgan fingerprint density at radius 2 is 2.00 bits per heavy atom. The maximum atomic E-state index is 6.42. The molecule has 0 aliphatic carbocycles. The molecule has 136 valence electrons. The van der Waals surface area contributed by atoms with Crippen molar-refractivity contribution in [2.45, 2.75) is 18.3 Å². The van der Waals surface area contributed by atoms with Gasteiger partial charge in [-0.1, -0.05) is 30.0 Å². The Morgan fingerprint density at radius 3 is 2.77 bits per heavy atom. The van der Waals surface area contributed by atoms with Gasteiger partial charge in [0.15, 0.2) is 11.6 Å². The van der Waals surface area contributed by atoms with E-state index in [1.165, 1.54) is 5.70 Å². The van der Waals surface area contributed by atoms with Crippen molar-refractivity contribution in [1.82, 2.24) is 10.3 Å². The van der Waals surface area contributed by atoms with Crippen LogP contribution in [0.1, 0.15) is 12.8 Å². The quantitative estimate of drug-likeness (QED) is 0.751. The molecule has 1 saturated heterocycles. The summed E-state index contributed by atoms with van der Waals surface area (Å²) in [7, 11) is 0. The van der Waals surface area contributed by atoms with Gasteiger partial charge in [-0.3, -0.25) is 0 Å². The lowest BCUT2D eigenvalue weighted by Crippen LogP contribution is -2.40. The van der Waals surface area contributed by atoms with E-state index in [1.807, 2.05) is 36.4 Å². The van der Waals surface area contributed by atoms with E-state index in [0.29, 0.717) is 11.7 Å². The largest absolute Gasteiger partial charge is 0.453 e. The van der Waals surface area contributed by atoms with Crippen LogP contribution in [0.15, 0.2) is 58.2 Å². The van der Waals surface area contributed by atoms with Gasteiger partial charge in [0.25, 0.3) is 0 Å². The molecule has 1 unspecified atom stereocenters. The van der Waals surface area contributed by atoms with E-state index in [4.69, 9.17) is 10.5 Å². The molecular formula is C19H21BrN4OS. The summed E-state index contributed by atoms with van der Waals surface area (Å²) < 4.78 is 7.02. The molecule has 0 bridgehead atoms. The molecule has 1 fully saturated rings. The highest BCUT2D eigenvalue weighted by molar-refractivity contribution is 9.10. The fourth-order valence-electron chi connectivity index (χ4n) is 3.34. The molecule has 3 heterocycles. The smallest absolute Gasteiger partial charge is 0.178 e. The fraction of sp³-hybridized carbons (Fsp3) is 0.316. The standard InChI is InChI=1S/C19H21BrN4OS/c20-14-10-17(25-15-4-2-1-3-5-15)18(23-11-14)24-16(12-26-19(24)21)13-6-8-22-9-7-13/h1-5,10-13,19,22H,6-9,21H2. The number of rotatable bonds is 4. The number of thioether (sulfide) groups is 1. The first-order valence-corrected chi connectivity index (χ1v) is 10.5. The van der Waals surface area contributed by atoms with Crippen molar-refractivity contribution in [2.24, 2.45) is 11.7 Å². The van der Waals surface area contributed by atoms with Gasteiger partial charge in [-0.05, 0) is 59.4 Å². The molecule has 0 radical (unpaired) electrons. The lowest BCUT2D eigenvalue weighted by Gasteiger charge is -2.33. The van der Waals surface area contributed by atoms with Crippen molar-refractivity contribution in [3.05, 3.63) is 58.2 Å². The van der Waals surface area contributed by atoms with E-state index < -0.39 is 0 Å². The first-order chi connectivity index (χ1) is 12.7. The number of anilines is 1. The molecule has 26 heavy (non-hydrogen) atoms. The van der Waals surface area contributed by atoms with Crippen molar-refractivity contribution >= 4 is 33.5 Å². The number of nitrogens with two attached hydrogens (primary N) is 1. The SMILES string of the molecule is NC1SC=C(C2CCNCC2)N1c1ncc(Br)cc1Oc1ccccc1. The highest BCUT2D eigenvalue weighted by Crippen LogP contribution is 2.43. The molecule has 0 saturated carbocycles. The van der Waals surface area contributed by atoms with Crippen LogP contribution in [0.5, 0.6) is 11.5 Å². The number of pyridine rings is 1. The summed E-state index contributed by atoms with van der Waals surface area (Å²) in [6.45, 7) is 2.08. The van der Waals surface area contributed by atoms with Gasteiger partial charge in [-0.2, -0.15) is 0 Å². The van der Waals surface area contributed by atoms with Gasteiger partial charge < -0.3 is 20.7 Å². The lowest BCUT2D eigenvalue weighted by atomic mass is 9.94. The minimum Gasteiger partial charge on any atom is -0.453 e. The number of piperidine rings is 1. The van der Waals surface area contributed by atoms with Crippen LogP contribution in [0.25, 0.3) is 0 Å². The predicted molar refractivity (Wildman–Crippen MR) is 110 cm³/mol. The normalized spacial score (nSPS) is 20.9. The van der Waals surface area contributed by atoms with Gasteiger partial charge in [0.1, 0.15) is 11.2 Å². The third-order valence-electron chi connectivity index (χ3n) is 4.62. The molecule has 2 aliphatic heterocycles. The minimum atomic E-state index is -0.188. The summed E-state index contributed by atoms with van der Waals surface area (Å²) in [6, 6.07) is 11.7. The lowest BCUT2D eigenvalue weighted by molar-refractivity contribution is 0.410. The minimum absolute atomic E-state index is 0.188. The zero-order valence-corrected chi connectivity index (χ0v) is 16.7. The molecule has 1 atom stereocenters. The summed E-state index contributed by atoms with van der Waals surface area (Å²) in [5.41, 5.74) is 7.48. The average Bonchev–Trinajstić information content (AvgIpc) is 3.05. The van der Waals surface area contributed by atoms with Crippen LogP contribution in [0.3, 0.4) is 0 Å². The number of halogens is 1. The molecule has 5 nitrogen and oxygen atoms in total. The van der Waals surface area contributed by atoms with Crippen LogP contribution in [-0.4, -0.2) is 23.6 Å². The number of nitrogens with one attached hydrogen (secondary N) is 1. The Morgan fingerprint density at radius 1 is 1.23 bits per heavy atom. The second-order valence-corrected chi connectivity index (χ2v) is 8.26. The van der Waals surface area contributed by atoms with Crippen LogP contribution in [0, 0.1) is 5.92 Å². The molecule has 4 rings (SSSR count). The van der Waals surface area contributed by atoms with Gasteiger partial charge >= 0.3 is 0 Å². The molecule has 2 aromatic rings. The number of allylic oxidation sites excluding steroid dienone is 1. The maximum absolute atomic E-state index is 6.42. The number of nitrogens with zero attached hydrogens (tertiary/aromatic N) is 2. The number of ether oxygens (including phenoxy) is 1. The van der Waals surface area contributed by atoms with Gasteiger partial charge in [-0.15, -0.1) is 0 Å². The van der Waals surface area contributed by atoms with E-state index in [2.05, 4.69) is 36.5 Å². The Balaban J connectivity index is 1.68. The third-order valence-corrected chi connectivity index (χ3v) is 5.92. The highest BCUT2D eigenvalue weighted by atomic mass is 79.9. The summed E-state index contributed by atoms with van der Waals surface area (Å²) in [4.78, 5) is 6.79. The summed E-state index contributed by atoms with van der Waals surface area (Å²) >= 11 is 5.14. The second kappa shape index (κ2) is 8.00. The number of para-hydroxylation sites is 1. The molecule has 0 spiro atoms. The van der Waals surface area contributed by atoms with Crippen molar-refractivity contribution < 1.29 is 4.74 Å². The topological polar surface area (TPSA) is 63.4 Å². The Hall–Kier alpha value is -1.54. The summed E-state index contributed by atoms with van der Waals surface area (Å²) in [6.07, 6.45) is 4.02. The van der Waals surface area contributed by atoms with Crippen molar-refractivity contribution in [3.8, 4) is 11.5 Å². The fourth-order valence-corrected chi connectivity index (χ4v) is 4.58. The van der Waals surface area contributed by atoms with Crippen LogP contribution in [0.2, 0.25) is 0 Å². The Labute approximate surface area is 166 Å². The van der Waals surface area contributed by atoms with Crippen LogP contribution in [0.4, 0.5) is 5.82 Å². The zero-order valence-electron chi connectivity index (χ0n) is 14.3. The van der Waals surface area contributed by atoms with E-state index in [1.54, 1.807) is 18.0 Å². The second-order valence-electron chi connectivity index (χ2n) is 6.35. The van der Waals surface area contributed by atoms with E-state index in [0.717, 1.165) is 42.0 Å². The van der Waals surface area contributed by atoms with Crippen molar-refractivity contribution in [1.29, 1.82) is 0 Å². The summed E-state index contributed by atoms with van der Waals surface area (Å²) in [5, 5.41) is 5.62.